The topological polar surface area (TPSA) is 26.0 Å². The normalized spacial score (nSPS) is 12.7. The lowest BCUT2D eigenvalue weighted by atomic mass is 9.99. The Morgan fingerprint density at radius 1 is 1.20 bits per heavy atom. The van der Waals surface area contributed by atoms with Crippen LogP contribution in [0.2, 0.25) is 0 Å². The minimum absolute atomic E-state index is 0.116. The van der Waals surface area contributed by atoms with E-state index in [1.165, 1.54) is 16.0 Å². The molecule has 0 aliphatic carbocycles. The Hall–Kier alpha value is -1.12. The average Bonchev–Trinajstić information content (AvgIpc) is 2.71. The number of nitrogens with two attached hydrogens (primary N) is 1. The predicted octanol–water partition coefficient (Wildman–Crippen LogP) is 3.30. The largest absolute Gasteiger partial charge is 0.324 e. The first-order valence-corrected chi connectivity index (χ1v) is 5.99. The van der Waals surface area contributed by atoms with Crippen molar-refractivity contribution < 1.29 is 0 Å². The van der Waals surface area contributed by atoms with Crippen LogP contribution >= 0.6 is 11.3 Å². The molecule has 2 aromatic rings. The second-order valence-corrected chi connectivity index (χ2v) is 4.78. The smallest absolute Gasteiger partial charge is 0.0346 e. The van der Waals surface area contributed by atoms with Crippen molar-refractivity contribution in [2.24, 2.45) is 5.73 Å². The van der Waals surface area contributed by atoms with Crippen LogP contribution in [-0.2, 0) is 6.42 Å². The third-order valence-corrected chi connectivity index (χ3v) is 3.49. The minimum atomic E-state index is 0.116. The third-order valence-electron chi connectivity index (χ3n) is 2.59. The summed E-state index contributed by atoms with van der Waals surface area (Å²) in [6.07, 6.45) is 0.933. The van der Waals surface area contributed by atoms with E-state index in [2.05, 4.69) is 48.7 Å². The number of aryl methyl sites for hydroxylation is 1. The van der Waals surface area contributed by atoms with E-state index in [9.17, 15) is 0 Å². The summed E-state index contributed by atoms with van der Waals surface area (Å²) in [6.45, 7) is 2.11. The van der Waals surface area contributed by atoms with E-state index in [1.807, 2.05) is 0 Å². The molecule has 1 aromatic heterocycles. The molecule has 0 radical (unpaired) electrons. The molecule has 2 rings (SSSR count). The lowest BCUT2D eigenvalue weighted by Crippen LogP contribution is -2.13. The van der Waals surface area contributed by atoms with Gasteiger partial charge in [-0.1, -0.05) is 30.3 Å². The molecule has 0 saturated carbocycles. The second kappa shape index (κ2) is 4.60. The quantitative estimate of drug-likeness (QED) is 0.838. The average molecular weight is 217 g/mol. The fraction of sp³-hybridized carbons (Fsp3) is 0.231. The Morgan fingerprint density at radius 3 is 2.67 bits per heavy atom. The van der Waals surface area contributed by atoms with Gasteiger partial charge < -0.3 is 5.73 Å². The SMILES string of the molecule is Cc1ccccc1C(N)Cc1cccs1. The lowest BCUT2D eigenvalue weighted by molar-refractivity contribution is 0.725. The highest BCUT2D eigenvalue weighted by atomic mass is 32.1. The molecular formula is C13H15NS. The third kappa shape index (κ3) is 2.46. The van der Waals surface area contributed by atoms with Crippen molar-refractivity contribution in [3.63, 3.8) is 0 Å². The summed E-state index contributed by atoms with van der Waals surface area (Å²) in [4.78, 5) is 1.35. The molecule has 0 saturated heterocycles. The van der Waals surface area contributed by atoms with Gasteiger partial charge in [0.05, 0.1) is 0 Å². The van der Waals surface area contributed by atoms with Gasteiger partial charge in [0.25, 0.3) is 0 Å². The second-order valence-electron chi connectivity index (χ2n) is 3.75. The maximum atomic E-state index is 6.19. The van der Waals surface area contributed by atoms with Crippen molar-refractivity contribution >= 4 is 11.3 Å². The molecule has 2 heteroatoms. The van der Waals surface area contributed by atoms with Crippen LogP contribution < -0.4 is 5.73 Å². The lowest BCUT2D eigenvalue weighted by Gasteiger charge is -2.13. The van der Waals surface area contributed by atoms with Crippen molar-refractivity contribution in [2.75, 3.05) is 0 Å². The maximum Gasteiger partial charge on any atom is 0.0346 e. The van der Waals surface area contributed by atoms with Gasteiger partial charge in [-0.25, -0.2) is 0 Å². The first-order chi connectivity index (χ1) is 7.27. The van der Waals surface area contributed by atoms with Gasteiger partial charge >= 0.3 is 0 Å². The number of thiophene rings is 1. The number of benzene rings is 1. The van der Waals surface area contributed by atoms with Gasteiger partial charge in [-0.2, -0.15) is 0 Å². The Balaban J connectivity index is 2.15. The van der Waals surface area contributed by atoms with Gasteiger partial charge in [0.15, 0.2) is 0 Å². The van der Waals surface area contributed by atoms with Gasteiger partial charge in [-0.05, 0) is 29.5 Å². The van der Waals surface area contributed by atoms with Gasteiger partial charge in [0.1, 0.15) is 0 Å². The highest BCUT2D eigenvalue weighted by Crippen LogP contribution is 2.21. The van der Waals surface area contributed by atoms with Gasteiger partial charge in [0.2, 0.25) is 0 Å². The van der Waals surface area contributed by atoms with Crippen molar-refractivity contribution in [3.8, 4) is 0 Å². The Labute approximate surface area is 94.6 Å². The van der Waals surface area contributed by atoms with Crippen LogP contribution in [0.3, 0.4) is 0 Å². The molecule has 0 aliphatic heterocycles. The summed E-state index contributed by atoms with van der Waals surface area (Å²) in [5, 5.41) is 2.10. The van der Waals surface area contributed by atoms with E-state index in [4.69, 9.17) is 5.73 Å². The van der Waals surface area contributed by atoms with Crippen LogP contribution in [0.4, 0.5) is 0 Å². The molecule has 1 aromatic carbocycles. The van der Waals surface area contributed by atoms with E-state index in [0.717, 1.165) is 6.42 Å². The molecule has 1 atom stereocenters. The highest BCUT2D eigenvalue weighted by Gasteiger charge is 2.09. The molecule has 1 heterocycles. The van der Waals surface area contributed by atoms with Gasteiger partial charge in [0, 0.05) is 17.3 Å². The zero-order valence-corrected chi connectivity index (χ0v) is 9.63. The minimum Gasteiger partial charge on any atom is -0.324 e. The fourth-order valence-electron chi connectivity index (χ4n) is 1.76. The molecule has 0 bridgehead atoms. The summed E-state index contributed by atoms with van der Waals surface area (Å²) < 4.78 is 0. The summed E-state index contributed by atoms with van der Waals surface area (Å²) in [5.41, 5.74) is 8.73. The van der Waals surface area contributed by atoms with Crippen LogP contribution in [0.25, 0.3) is 0 Å². The number of hydrogen-bond donors (Lipinski definition) is 1. The first kappa shape index (κ1) is 10.4. The fourth-order valence-corrected chi connectivity index (χ4v) is 2.52. The van der Waals surface area contributed by atoms with E-state index in [0.29, 0.717) is 0 Å². The van der Waals surface area contributed by atoms with E-state index < -0.39 is 0 Å². The van der Waals surface area contributed by atoms with Crippen LogP contribution in [0.15, 0.2) is 41.8 Å². The van der Waals surface area contributed by atoms with Crippen LogP contribution in [-0.4, -0.2) is 0 Å². The summed E-state index contributed by atoms with van der Waals surface area (Å²) >= 11 is 1.77. The van der Waals surface area contributed by atoms with Crippen molar-refractivity contribution in [1.29, 1.82) is 0 Å². The molecule has 0 fully saturated rings. The van der Waals surface area contributed by atoms with Gasteiger partial charge in [-0.3, -0.25) is 0 Å². The molecule has 2 N–H and O–H groups in total. The zero-order chi connectivity index (χ0) is 10.7. The summed E-state index contributed by atoms with van der Waals surface area (Å²) in [7, 11) is 0. The number of hydrogen-bond acceptors (Lipinski definition) is 2. The monoisotopic (exact) mass is 217 g/mol. The van der Waals surface area contributed by atoms with E-state index in [-0.39, 0.29) is 6.04 Å². The van der Waals surface area contributed by atoms with Crippen LogP contribution in [0.1, 0.15) is 22.0 Å². The Bertz CT molecular complexity index is 420. The predicted molar refractivity (Wildman–Crippen MR) is 66.1 cm³/mol. The van der Waals surface area contributed by atoms with E-state index in [1.54, 1.807) is 11.3 Å². The molecule has 1 unspecified atom stereocenters. The van der Waals surface area contributed by atoms with Crippen molar-refractivity contribution in [1.82, 2.24) is 0 Å². The van der Waals surface area contributed by atoms with Gasteiger partial charge in [-0.15, -0.1) is 11.3 Å². The van der Waals surface area contributed by atoms with Crippen LogP contribution in [0.5, 0.6) is 0 Å². The molecule has 0 spiro atoms. The van der Waals surface area contributed by atoms with Crippen molar-refractivity contribution in [3.05, 3.63) is 57.8 Å². The Morgan fingerprint density at radius 2 is 2.00 bits per heavy atom. The molecule has 78 valence electrons. The van der Waals surface area contributed by atoms with E-state index >= 15 is 0 Å². The zero-order valence-electron chi connectivity index (χ0n) is 8.81. The summed E-state index contributed by atoms with van der Waals surface area (Å²) in [6, 6.07) is 12.7. The molecule has 1 nitrogen and oxygen atoms in total. The number of rotatable bonds is 3. The molecule has 0 aliphatic rings. The summed E-state index contributed by atoms with van der Waals surface area (Å²) in [5.74, 6) is 0. The Kier molecular flexibility index (Phi) is 3.19. The molecule has 0 amide bonds. The molecule has 15 heavy (non-hydrogen) atoms. The van der Waals surface area contributed by atoms with Crippen molar-refractivity contribution in [2.45, 2.75) is 19.4 Å². The van der Waals surface area contributed by atoms with Crippen LogP contribution in [0, 0.1) is 6.92 Å². The molecular weight excluding hydrogens is 202 g/mol. The maximum absolute atomic E-state index is 6.19. The first-order valence-electron chi connectivity index (χ1n) is 5.11. The highest BCUT2D eigenvalue weighted by molar-refractivity contribution is 7.09. The standard InChI is InChI=1S/C13H15NS/c1-10-5-2-3-7-12(10)13(14)9-11-6-4-8-15-11/h2-8,13H,9,14H2,1H3.